The third-order valence-electron chi connectivity index (χ3n) is 5.38. The van der Waals surface area contributed by atoms with Crippen LogP contribution in [-0.4, -0.2) is 69.8 Å². The van der Waals surface area contributed by atoms with E-state index in [1.54, 1.807) is 0 Å². The number of primary amides is 1. The van der Waals surface area contributed by atoms with E-state index < -0.39 is 41.9 Å². The smallest absolute Gasteiger partial charge is 0.315 e. The molecule has 1 aromatic carbocycles. The predicted octanol–water partition coefficient (Wildman–Crippen LogP) is -0.242. The Bertz CT molecular complexity index is 1030. The number of aromatic nitrogens is 2. The second kappa shape index (κ2) is 11.5. The molecule has 11 heteroatoms. The molecule has 34 heavy (non-hydrogen) atoms. The van der Waals surface area contributed by atoms with E-state index in [1.165, 1.54) is 29.6 Å². The molecule has 0 saturated carbocycles. The van der Waals surface area contributed by atoms with Gasteiger partial charge in [0.05, 0.1) is 12.2 Å². The van der Waals surface area contributed by atoms with Crippen LogP contribution in [0.25, 0.3) is 0 Å². The van der Waals surface area contributed by atoms with Crippen molar-refractivity contribution in [2.75, 3.05) is 13.1 Å². The fourth-order valence-electron chi connectivity index (χ4n) is 3.77. The quantitative estimate of drug-likeness (QED) is 0.374. The average Bonchev–Trinajstić information content (AvgIpc) is 3.26. The van der Waals surface area contributed by atoms with Crippen molar-refractivity contribution in [1.29, 1.82) is 0 Å². The zero-order valence-corrected chi connectivity index (χ0v) is 18.5. The van der Waals surface area contributed by atoms with Crippen molar-refractivity contribution in [2.24, 2.45) is 5.73 Å². The molecule has 1 fully saturated rings. The van der Waals surface area contributed by atoms with E-state index in [9.17, 15) is 19.2 Å². The molecule has 0 bridgehead atoms. The zero-order valence-electron chi connectivity index (χ0n) is 18.5. The molecule has 0 spiro atoms. The summed E-state index contributed by atoms with van der Waals surface area (Å²) in [6, 6.07) is 5.81. The second-order valence-corrected chi connectivity index (χ2v) is 7.73. The zero-order chi connectivity index (χ0) is 24.5. The van der Waals surface area contributed by atoms with E-state index in [2.05, 4.69) is 32.5 Å². The number of nitrogens with one attached hydrogen (secondary N) is 3. The lowest BCUT2D eigenvalue weighted by molar-refractivity contribution is -0.130. The van der Waals surface area contributed by atoms with Gasteiger partial charge < -0.3 is 26.6 Å². The highest BCUT2D eigenvalue weighted by molar-refractivity contribution is 5.98. The lowest BCUT2D eigenvalue weighted by Crippen LogP contribution is -2.59. The average molecular weight is 466 g/mol. The van der Waals surface area contributed by atoms with Crippen LogP contribution in [0.15, 0.2) is 61.6 Å². The summed E-state index contributed by atoms with van der Waals surface area (Å²) in [5.74, 6) is -1.83. The number of nitrogens with two attached hydrogens (primary N) is 1. The minimum Gasteiger partial charge on any atom is -0.368 e. The summed E-state index contributed by atoms with van der Waals surface area (Å²) < 4.78 is 0. The number of nitrogens with zero attached hydrogens (tertiary/aromatic N) is 3. The third kappa shape index (κ3) is 6.15. The number of amides is 5. The highest BCUT2D eigenvalue weighted by Crippen LogP contribution is 2.21. The summed E-state index contributed by atoms with van der Waals surface area (Å²) in [5.41, 5.74) is 6.42. The molecule has 1 aromatic heterocycles. The van der Waals surface area contributed by atoms with Crippen LogP contribution in [0.1, 0.15) is 22.5 Å². The third-order valence-corrected chi connectivity index (χ3v) is 5.38. The summed E-state index contributed by atoms with van der Waals surface area (Å²) in [5, 5.41) is 7.97. The number of carbonyl (C=O) groups excluding carboxylic acids is 4. The van der Waals surface area contributed by atoms with Gasteiger partial charge in [-0.05, 0) is 12.0 Å². The molecule has 5 N–H and O–H groups in total. The van der Waals surface area contributed by atoms with Gasteiger partial charge in [0.2, 0.25) is 11.8 Å². The van der Waals surface area contributed by atoms with Crippen LogP contribution < -0.4 is 21.7 Å². The van der Waals surface area contributed by atoms with Gasteiger partial charge in [0.1, 0.15) is 17.8 Å². The lowest BCUT2D eigenvalue weighted by Gasteiger charge is -2.29. The number of rotatable bonds is 9. The van der Waals surface area contributed by atoms with Gasteiger partial charge in [-0.3, -0.25) is 19.4 Å². The Morgan fingerprint density at radius 3 is 2.62 bits per heavy atom. The van der Waals surface area contributed by atoms with E-state index in [-0.39, 0.29) is 25.2 Å². The van der Waals surface area contributed by atoms with Crippen LogP contribution in [0.4, 0.5) is 4.79 Å². The molecule has 2 heterocycles. The minimum absolute atomic E-state index is 0.0628. The molecule has 5 amide bonds. The summed E-state index contributed by atoms with van der Waals surface area (Å²) in [6.07, 6.45) is 6.14. The number of likely N-dealkylation sites (tertiary alicyclic amines) is 1. The van der Waals surface area contributed by atoms with Gasteiger partial charge in [0.25, 0.3) is 5.91 Å². The van der Waals surface area contributed by atoms with Crippen molar-refractivity contribution in [3.05, 3.63) is 72.8 Å². The Hall–Kier alpha value is -4.28. The molecule has 178 valence electrons. The fraction of sp³-hybridized carbons (Fsp3) is 0.304. The molecular formula is C23H27N7O4. The van der Waals surface area contributed by atoms with Crippen molar-refractivity contribution in [2.45, 2.75) is 31.0 Å². The van der Waals surface area contributed by atoms with Gasteiger partial charge in [0, 0.05) is 31.9 Å². The number of benzene rings is 1. The minimum atomic E-state index is -1.08. The molecule has 1 saturated heterocycles. The first-order chi connectivity index (χ1) is 16.4. The van der Waals surface area contributed by atoms with Gasteiger partial charge in [-0.15, -0.1) is 6.58 Å². The monoisotopic (exact) mass is 465 g/mol. The normalized spacial score (nSPS) is 17.9. The highest BCUT2D eigenvalue weighted by Gasteiger charge is 2.44. The van der Waals surface area contributed by atoms with Crippen LogP contribution in [0.3, 0.4) is 0 Å². The number of carbonyl (C=O) groups is 4. The van der Waals surface area contributed by atoms with Crippen molar-refractivity contribution >= 4 is 23.8 Å². The SMILES string of the molecule is C=CCNC(=O)NC1CCN(C(=O)c2cnccn2)C1C(=O)NC(Cc1ccccc1)C(N)=O. The molecule has 1 aliphatic rings. The summed E-state index contributed by atoms with van der Waals surface area (Å²) in [4.78, 5) is 60.0. The van der Waals surface area contributed by atoms with Crippen molar-refractivity contribution < 1.29 is 19.2 Å². The predicted molar refractivity (Wildman–Crippen MR) is 123 cm³/mol. The first kappa shape index (κ1) is 24.4. The second-order valence-electron chi connectivity index (χ2n) is 7.73. The van der Waals surface area contributed by atoms with Gasteiger partial charge in [-0.25, -0.2) is 9.78 Å². The molecular weight excluding hydrogens is 438 g/mol. The summed E-state index contributed by atoms with van der Waals surface area (Å²) >= 11 is 0. The first-order valence-corrected chi connectivity index (χ1v) is 10.8. The van der Waals surface area contributed by atoms with Crippen LogP contribution in [-0.2, 0) is 16.0 Å². The van der Waals surface area contributed by atoms with E-state index >= 15 is 0 Å². The molecule has 11 nitrogen and oxygen atoms in total. The molecule has 1 aliphatic heterocycles. The van der Waals surface area contributed by atoms with E-state index in [0.29, 0.717) is 6.42 Å². The summed E-state index contributed by atoms with van der Waals surface area (Å²) in [7, 11) is 0. The summed E-state index contributed by atoms with van der Waals surface area (Å²) in [6.45, 7) is 3.97. The Labute approximate surface area is 196 Å². The maximum absolute atomic E-state index is 13.4. The Balaban J connectivity index is 1.82. The molecule has 2 aromatic rings. The van der Waals surface area contributed by atoms with E-state index in [1.807, 2.05) is 30.3 Å². The topological polar surface area (TPSA) is 159 Å². The van der Waals surface area contributed by atoms with Crippen molar-refractivity contribution in [1.82, 2.24) is 30.8 Å². The van der Waals surface area contributed by atoms with Gasteiger partial charge >= 0.3 is 6.03 Å². The molecule has 0 radical (unpaired) electrons. The van der Waals surface area contributed by atoms with Crippen LogP contribution in [0.2, 0.25) is 0 Å². The maximum atomic E-state index is 13.4. The van der Waals surface area contributed by atoms with Gasteiger partial charge in [-0.1, -0.05) is 36.4 Å². The fourth-order valence-corrected chi connectivity index (χ4v) is 3.77. The molecule has 3 unspecified atom stereocenters. The highest BCUT2D eigenvalue weighted by atomic mass is 16.2. The maximum Gasteiger partial charge on any atom is 0.315 e. The first-order valence-electron chi connectivity index (χ1n) is 10.8. The Morgan fingerprint density at radius 2 is 1.97 bits per heavy atom. The number of hydrogen-bond acceptors (Lipinski definition) is 6. The standard InChI is InChI=1S/C23H27N7O4/c1-2-9-27-23(34)29-16-8-12-30(22(33)18-14-25-10-11-26-18)19(16)21(32)28-17(20(24)31)13-15-6-4-3-5-7-15/h2-7,10-11,14,16-17,19H,1,8-9,12-13H2,(H2,24,31)(H,28,32)(H2,27,29,34). The lowest BCUT2D eigenvalue weighted by atomic mass is 10.0. The number of urea groups is 1. The molecule has 3 atom stereocenters. The van der Waals surface area contributed by atoms with Crippen molar-refractivity contribution in [3.63, 3.8) is 0 Å². The van der Waals surface area contributed by atoms with E-state index in [0.717, 1.165) is 5.56 Å². The van der Waals surface area contributed by atoms with Gasteiger partial charge in [-0.2, -0.15) is 0 Å². The van der Waals surface area contributed by atoms with Gasteiger partial charge in [0.15, 0.2) is 0 Å². The van der Waals surface area contributed by atoms with Crippen LogP contribution >= 0.6 is 0 Å². The molecule has 0 aliphatic carbocycles. The van der Waals surface area contributed by atoms with Crippen LogP contribution in [0, 0.1) is 0 Å². The molecule has 3 rings (SSSR count). The van der Waals surface area contributed by atoms with Crippen LogP contribution in [0.5, 0.6) is 0 Å². The largest absolute Gasteiger partial charge is 0.368 e. The number of hydrogen-bond donors (Lipinski definition) is 4. The Kier molecular flexibility index (Phi) is 8.27. The van der Waals surface area contributed by atoms with E-state index in [4.69, 9.17) is 5.73 Å². The van der Waals surface area contributed by atoms with Crippen molar-refractivity contribution in [3.8, 4) is 0 Å². The Morgan fingerprint density at radius 1 is 1.21 bits per heavy atom.